The van der Waals surface area contributed by atoms with Crippen LogP contribution in [0.4, 0.5) is 0 Å². The van der Waals surface area contributed by atoms with E-state index in [4.69, 9.17) is 4.74 Å². The number of rotatable bonds is 14. The van der Waals surface area contributed by atoms with E-state index in [1.165, 1.54) is 0 Å². The van der Waals surface area contributed by atoms with Crippen LogP contribution in [0.5, 0.6) is 5.75 Å². The van der Waals surface area contributed by atoms with Crippen LogP contribution in [0.15, 0.2) is 30.9 Å². The van der Waals surface area contributed by atoms with E-state index in [1.54, 1.807) is 11.0 Å². The summed E-state index contributed by atoms with van der Waals surface area (Å²) in [6.07, 6.45) is 10.1. The highest BCUT2D eigenvalue weighted by Gasteiger charge is 2.40. The van der Waals surface area contributed by atoms with Crippen molar-refractivity contribution in [3.63, 3.8) is 0 Å². The van der Waals surface area contributed by atoms with Crippen molar-refractivity contribution in [3.05, 3.63) is 42.0 Å². The van der Waals surface area contributed by atoms with Crippen molar-refractivity contribution in [2.75, 3.05) is 13.2 Å². The van der Waals surface area contributed by atoms with E-state index in [-0.39, 0.29) is 23.8 Å². The van der Waals surface area contributed by atoms with Gasteiger partial charge in [0.25, 0.3) is 5.91 Å². The molecule has 1 saturated heterocycles. The zero-order valence-corrected chi connectivity index (χ0v) is 20.7. The highest BCUT2D eigenvalue weighted by Crippen LogP contribution is 2.33. The minimum atomic E-state index is -0.607. The van der Waals surface area contributed by atoms with Crippen LogP contribution >= 0.6 is 0 Å². The summed E-state index contributed by atoms with van der Waals surface area (Å²) in [5.41, 5.74) is 1.60. The van der Waals surface area contributed by atoms with Gasteiger partial charge in [-0.15, -0.1) is 6.58 Å². The van der Waals surface area contributed by atoms with Gasteiger partial charge in [0.2, 0.25) is 11.8 Å². The zero-order valence-electron chi connectivity index (χ0n) is 20.7. The van der Waals surface area contributed by atoms with Crippen molar-refractivity contribution in [3.8, 4) is 5.75 Å². The van der Waals surface area contributed by atoms with Crippen molar-refractivity contribution in [2.24, 2.45) is 0 Å². The number of piperidine rings is 1. The van der Waals surface area contributed by atoms with Gasteiger partial charge in [-0.1, -0.05) is 38.8 Å². The van der Waals surface area contributed by atoms with Crippen molar-refractivity contribution < 1.29 is 19.1 Å². The molecule has 7 heteroatoms. The highest BCUT2D eigenvalue weighted by molar-refractivity contribution is 6.05. The molecule has 7 nitrogen and oxygen atoms in total. The SMILES string of the molecule is C=CCC(CC)(CC)NCCCCCCOc1cccc2c1CN(C1CCC(=O)NC1=O)C2=O. The molecule has 1 aromatic carbocycles. The summed E-state index contributed by atoms with van der Waals surface area (Å²) in [5, 5.41) is 6.07. The third kappa shape index (κ3) is 6.06. The van der Waals surface area contributed by atoms with E-state index in [0.29, 0.717) is 30.9 Å². The number of hydrogen-bond acceptors (Lipinski definition) is 5. The number of ether oxygens (including phenoxy) is 1. The molecule has 2 N–H and O–H groups in total. The third-order valence-electron chi connectivity index (χ3n) is 7.26. The molecule has 186 valence electrons. The van der Waals surface area contributed by atoms with Crippen LogP contribution in [0.25, 0.3) is 0 Å². The number of carbonyl (C=O) groups is 3. The summed E-state index contributed by atoms with van der Waals surface area (Å²) >= 11 is 0. The molecule has 0 saturated carbocycles. The topological polar surface area (TPSA) is 87.7 Å². The lowest BCUT2D eigenvalue weighted by Gasteiger charge is -2.32. The normalized spacial score (nSPS) is 18.1. The van der Waals surface area contributed by atoms with E-state index in [0.717, 1.165) is 57.1 Å². The van der Waals surface area contributed by atoms with Crippen LogP contribution in [0.1, 0.15) is 87.6 Å². The first-order valence-corrected chi connectivity index (χ1v) is 12.7. The monoisotopic (exact) mass is 469 g/mol. The summed E-state index contributed by atoms with van der Waals surface area (Å²) in [6, 6.07) is 4.88. The Morgan fingerprint density at radius 1 is 1.18 bits per heavy atom. The van der Waals surface area contributed by atoms with Crippen LogP contribution < -0.4 is 15.4 Å². The Hall–Kier alpha value is -2.67. The fraction of sp³-hybridized carbons (Fsp3) is 0.593. The van der Waals surface area contributed by atoms with Crippen LogP contribution in [0.3, 0.4) is 0 Å². The van der Waals surface area contributed by atoms with Crippen molar-refractivity contribution in [1.29, 1.82) is 0 Å². The van der Waals surface area contributed by atoms with Gasteiger partial charge in [-0.25, -0.2) is 0 Å². The van der Waals surface area contributed by atoms with Gasteiger partial charge < -0.3 is 15.0 Å². The van der Waals surface area contributed by atoms with Crippen LogP contribution in [-0.4, -0.2) is 47.4 Å². The molecule has 0 radical (unpaired) electrons. The van der Waals surface area contributed by atoms with Gasteiger partial charge in [-0.3, -0.25) is 19.7 Å². The van der Waals surface area contributed by atoms with Gasteiger partial charge in [0.05, 0.1) is 13.2 Å². The van der Waals surface area contributed by atoms with Gasteiger partial charge in [0, 0.05) is 23.1 Å². The quantitative estimate of drug-likeness (QED) is 0.243. The Kier molecular flexibility index (Phi) is 9.28. The minimum Gasteiger partial charge on any atom is -0.493 e. The largest absolute Gasteiger partial charge is 0.493 e. The molecular formula is C27H39N3O4. The van der Waals surface area contributed by atoms with E-state index < -0.39 is 11.9 Å². The molecule has 3 rings (SSSR count). The molecule has 0 bridgehead atoms. The number of benzene rings is 1. The molecule has 0 aliphatic carbocycles. The number of fused-ring (bicyclic) bond motifs is 1. The average molecular weight is 470 g/mol. The number of carbonyl (C=O) groups excluding carboxylic acids is 3. The van der Waals surface area contributed by atoms with E-state index in [2.05, 4.69) is 31.1 Å². The molecule has 0 spiro atoms. The minimum absolute atomic E-state index is 0.172. The van der Waals surface area contributed by atoms with Crippen LogP contribution in [-0.2, 0) is 16.1 Å². The number of nitrogens with one attached hydrogen (secondary N) is 2. The standard InChI is InChI=1S/C27H39N3O4/c1-4-16-27(5-2,6-3)28-17-9-7-8-10-18-34-23-13-11-12-20-21(23)19-30(26(20)33)22-14-15-24(31)29-25(22)32/h4,11-13,22,28H,1,5-10,14-19H2,2-3H3,(H,29,31,32). The summed E-state index contributed by atoms with van der Waals surface area (Å²) in [7, 11) is 0. The zero-order chi connectivity index (χ0) is 24.6. The molecule has 1 unspecified atom stereocenters. The average Bonchev–Trinajstić information content (AvgIpc) is 3.17. The van der Waals surface area contributed by atoms with E-state index in [1.807, 2.05) is 18.2 Å². The maximum atomic E-state index is 12.9. The first-order valence-electron chi connectivity index (χ1n) is 12.7. The fourth-order valence-electron chi connectivity index (χ4n) is 4.95. The summed E-state index contributed by atoms with van der Waals surface area (Å²) in [4.78, 5) is 38.2. The first-order chi connectivity index (χ1) is 16.4. The number of imide groups is 1. The molecule has 3 amide bonds. The number of nitrogens with zero attached hydrogens (tertiary/aromatic N) is 1. The molecule has 0 aromatic heterocycles. The number of amides is 3. The molecule has 1 atom stereocenters. The summed E-state index contributed by atoms with van der Waals surface area (Å²) < 4.78 is 6.04. The second kappa shape index (κ2) is 12.2. The van der Waals surface area contributed by atoms with E-state index in [9.17, 15) is 14.4 Å². The lowest BCUT2D eigenvalue weighted by Crippen LogP contribution is -2.52. The van der Waals surface area contributed by atoms with E-state index >= 15 is 0 Å². The number of unbranched alkanes of at least 4 members (excludes halogenated alkanes) is 3. The lowest BCUT2D eigenvalue weighted by molar-refractivity contribution is -0.136. The maximum Gasteiger partial charge on any atom is 0.255 e. The van der Waals surface area contributed by atoms with Gasteiger partial charge in [-0.2, -0.15) is 0 Å². The molecular weight excluding hydrogens is 430 g/mol. The Bertz CT molecular complexity index is 894. The number of hydrogen-bond donors (Lipinski definition) is 2. The Labute approximate surface area is 203 Å². The third-order valence-corrected chi connectivity index (χ3v) is 7.26. The lowest BCUT2D eigenvalue weighted by atomic mass is 9.89. The molecule has 2 aliphatic rings. The predicted octanol–water partition coefficient (Wildman–Crippen LogP) is 4.11. The van der Waals surface area contributed by atoms with Crippen molar-refractivity contribution >= 4 is 17.7 Å². The predicted molar refractivity (Wildman–Crippen MR) is 133 cm³/mol. The van der Waals surface area contributed by atoms with Gasteiger partial charge in [-0.05, 0) is 57.2 Å². The van der Waals surface area contributed by atoms with Crippen molar-refractivity contribution in [1.82, 2.24) is 15.5 Å². The molecule has 2 heterocycles. The van der Waals surface area contributed by atoms with Gasteiger partial charge in [0.15, 0.2) is 0 Å². The summed E-state index contributed by atoms with van der Waals surface area (Å²) in [6.45, 7) is 10.3. The maximum absolute atomic E-state index is 12.9. The van der Waals surface area contributed by atoms with Crippen LogP contribution in [0, 0.1) is 0 Å². The van der Waals surface area contributed by atoms with Gasteiger partial charge in [0.1, 0.15) is 11.8 Å². The Morgan fingerprint density at radius 2 is 1.94 bits per heavy atom. The fourth-order valence-corrected chi connectivity index (χ4v) is 4.95. The smallest absolute Gasteiger partial charge is 0.255 e. The molecule has 1 aromatic rings. The second-order valence-corrected chi connectivity index (χ2v) is 9.35. The second-order valence-electron chi connectivity index (χ2n) is 9.35. The van der Waals surface area contributed by atoms with Crippen LogP contribution in [0.2, 0.25) is 0 Å². The molecule has 2 aliphatic heterocycles. The van der Waals surface area contributed by atoms with Gasteiger partial charge >= 0.3 is 0 Å². The molecule has 1 fully saturated rings. The Balaban J connectivity index is 1.42. The first kappa shape index (κ1) is 25.9. The summed E-state index contributed by atoms with van der Waals surface area (Å²) in [5.74, 6) is -0.137. The molecule has 34 heavy (non-hydrogen) atoms. The Morgan fingerprint density at radius 3 is 2.65 bits per heavy atom. The van der Waals surface area contributed by atoms with Crippen molar-refractivity contribution in [2.45, 2.75) is 89.8 Å². The highest BCUT2D eigenvalue weighted by atomic mass is 16.5.